The zero-order chi connectivity index (χ0) is 13.0. The maximum atomic E-state index is 11.9. The standard InChI is InChI=1S/C15H19NO2/c1-11(12-7-3-2-4-8-12)16-15(18)14(17)13-9-5-6-10-13/h2-4,7-9,11,14,17H,5-6,10H2,1H3,(H,16,18)/t11?,14-/m0/s1. The molecule has 0 bridgehead atoms. The van der Waals surface area contributed by atoms with Crippen LogP contribution in [-0.2, 0) is 4.79 Å². The van der Waals surface area contributed by atoms with Gasteiger partial charge in [-0.05, 0) is 37.3 Å². The molecule has 0 fully saturated rings. The van der Waals surface area contributed by atoms with Gasteiger partial charge in [-0.3, -0.25) is 4.79 Å². The normalized spacial score (nSPS) is 18.0. The van der Waals surface area contributed by atoms with Gasteiger partial charge in [0.15, 0.2) is 6.10 Å². The summed E-state index contributed by atoms with van der Waals surface area (Å²) >= 11 is 0. The van der Waals surface area contributed by atoms with Gasteiger partial charge in [-0.25, -0.2) is 0 Å². The van der Waals surface area contributed by atoms with Crippen LogP contribution < -0.4 is 5.32 Å². The molecule has 0 radical (unpaired) electrons. The summed E-state index contributed by atoms with van der Waals surface area (Å²) in [6.07, 6.45) is 3.81. The van der Waals surface area contributed by atoms with Crippen molar-refractivity contribution in [1.29, 1.82) is 0 Å². The average Bonchev–Trinajstić information content (AvgIpc) is 2.92. The van der Waals surface area contributed by atoms with E-state index in [0.29, 0.717) is 0 Å². The van der Waals surface area contributed by atoms with Crippen LogP contribution in [0.4, 0.5) is 0 Å². The van der Waals surface area contributed by atoms with Crippen LogP contribution in [0.2, 0.25) is 0 Å². The summed E-state index contributed by atoms with van der Waals surface area (Å²) in [7, 11) is 0. The predicted octanol–water partition coefficient (Wildman–Crippen LogP) is 2.33. The maximum Gasteiger partial charge on any atom is 0.253 e. The van der Waals surface area contributed by atoms with E-state index in [9.17, 15) is 9.90 Å². The highest BCUT2D eigenvalue weighted by atomic mass is 16.3. The van der Waals surface area contributed by atoms with Crippen LogP contribution in [0.15, 0.2) is 42.0 Å². The fourth-order valence-corrected chi connectivity index (χ4v) is 2.23. The third-order valence-corrected chi connectivity index (χ3v) is 3.33. The van der Waals surface area contributed by atoms with Gasteiger partial charge in [0.1, 0.15) is 0 Å². The number of aliphatic hydroxyl groups excluding tert-OH is 1. The molecule has 3 heteroatoms. The van der Waals surface area contributed by atoms with E-state index < -0.39 is 6.10 Å². The lowest BCUT2D eigenvalue weighted by Gasteiger charge is -2.18. The maximum absolute atomic E-state index is 11.9. The minimum atomic E-state index is -0.987. The summed E-state index contributed by atoms with van der Waals surface area (Å²) in [6.45, 7) is 1.92. The van der Waals surface area contributed by atoms with E-state index in [1.54, 1.807) is 0 Å². The van der Waals surface area contributed by atoms with Gasteiger partial charge in [0.2, 0.25) is 0 Å². The zero-order valence-electron chi connectivity index (χ0n) is 10.6. The Kier molecular flexibility index (Phi) is 4.15. The molecule has 1 aliphatic carbocycles. The zero-order valence-corrected chi connectivity index (χ0v) is 10.6. The van der Waals surface area contributed by atoms with E-state index in [-0.39, 0.29) is 11.9 Å². The number of carbonyl (C=O) groups is 1. The molecule has 0 saturated carbocycles. The summed E-state index contributed by atoms with van der Waals surface area (Å²) < 4.78 is 0. The molecule has 0 aromatic heterocycles. The molecule has 18 heavy (non-hydrogen) atoms. The molecule has 0 aliphatic heterocycles. The van der Waals surface area contributed by atoms with Gasteiger partial charge in [-0.1, -0.05) is 36.4 Å². The van der Waals surface area contributed by atoms with Gasteiger partial charge >= 0.3 is 0 Å². The number of aliphatic hydroxyl groups is 1. The third-order valence-electron chi connectivity index (χ3n) is 3.33. The highest BCUT2D eigenvalue weighted by molar-refractivity contribution is 5.84. The SMILES string of the molecule is CC(NC(=O)[C@@H](O)C1=CCCC1)c1ccccc1. The number of hydrogen-bond donors (Lipinski definition) is 2. The van der Waals surface area contributed by atoms with E-state index in [2.05, 4.69) is 5.32 Å². The van der Waals surface area contributed by atoms with Crippen molar-refractivity contribution in [2.75, 3.05) is 0 Å². The lowest BCUT2D eigenvalue weighted by molar-refractivity contribution is -0.128. The van der Waals surface area contributed by atoms with Gasteiger partial charge in [-0.15, -0.1) is 0 Å². The molecule has 1 aliphatic rings. The van der Waals surface area contributed by atoms with Gasteiger partial charge in [0.25, 0.3) is 5.91 Å². The Bertz CT molecular complexity index is 439. The monoisotopic (exact) mass is 245 g/mol. The molecule has 96 valence electrons. The van der Waals surface area contributed by atoms with Crippen molar-refractivity contribution in [3.8, 4) is 0 Å². The van der Waals surface area contributed by atoms with Crippen molar-refractivity contribution in [3.63, 3.8) is 0 Å². The summed E-state index contributed by atoms with van der Waals surface area (Å²) in [5.41, 5.74) is 1.89. The first-order valence-electron chi connectivity index (χ1n) is 6.41. The van der Waals surface area contributed by atoms with Crippen LogP contribution in [0.3, 0.4) is 0 Å². The number of hydrogen-bond acceptors (Lipinski definition) is 2. The summed E-state index contributed by atoms with van der Waals surface area (Å²) in [5, 5.41) is 12.8. The largest absolute Gasteiger partial charge is 0.379 e. The smallest absolute Gasteiger partial charge is 0.253 e. The van der Waals surface area contributed by atoms with E-state index in [4.69, 9.17) is 0 Å². The fourth-order valence-electron chi connectivity index (χ4n) is 2.23. The van der Waals surface area contributed by atoms with Crippen LogP contribution in [0.1, 0.15) is 37.8 Å². The van der Waals surface area contributed by atoms with Crippen molar-refractivity contribution in [3.05, 3.63) is 47.5 Å². The highest BCUT2D eigenvalue weighted by Crippen LogP contribution is 2.21. The molecule has 1 aromatic rings. The predicted molar refractivity (Wildman–Crippen MR) is 70.9 cm³/mol. The topological polar surface area (TPSA) is 49.3 Å². The minimum absolute atomic E-state index is 0.0876. The molecule has 1 amide bonds. The van der Waals surface area contributed by atoms with Crippen molar-refractivity contribution < 1.29 is 9.90 Å². The Morgan fingerprint density at radius 2 is 2.06 bits per heavy atom. The van der Waals surface area contributed by atoms with Gasteiger partial charge < -0.3 is 10.4 Å². The molecule has 2 rings (SSSR count). The molecule has 1 unspecified atom stereocenters. The third kappa shape index (κ3) is 2.99. The number of carbonyl (C=O) groups excluding carboxylic acids is 1. The molecular weight excluding hydrogens is 226 g/mol. The van der Waals surface area contributed by atoms with Gasteiger partial charge in [-0.2, -0.15) is 0 Å². The number of amides is 1. The summed E-state index contributed by atoms with van der Waals surface area (Å²) in [5.74, 6) is -0.306. The second-order valence-electron chi connectivity index (χ2n) is 4.71. The quantitative estimate of drug-likeness (QED) is 0.800. The molecule has 0 saturated heterocycles. The molecule has 2 atom stereocenters. The first-order valence-corrected chi connectivity index (χ1v) is 6.41. The molecule has 2 N–H and O–H groups in total. The Morgan fingerprint density at radius 3 is 2.67 bits per heavy atom. The summed E-state index contributed by atoms with van der Waals surface area (Å²) in [6, 6.07) is 9.66. The van der Waals surface area contributed by atoms with Crippen LogP contribution in [-0.4, -0.2) is 17.1 Å². The van der Waals surface area contributed by atoms with Crippen molar-refractivity contribution in [2.24, 2.45) is 0 Å². The van der Waals surface area contributed by atoms with Crippen LogP contribution >= 0.6 is 0 Å². The van der Waals surface area contributed by atoms with E-state index in [1.807, 2.05) is 43.3 Å². The van der Waals surface area contributed by atoms with E-state index >= 15 is 0 Å². The van der Waals surface area contributed by atoms with E-state index in [1.165, 1.54) is 0 Å². The van der Waals surface area contributed by atoms with Crippen molar-refractivity contribution in [1.82, 2.24) is 5.32 Å². The molecule has 0 heterocycles. The molecular formula is C15H19NO2. The van der Waals surface area contributed by atoms with Crippen molar-refractivity contribution >= 4 is 5.91 Å². The fraction of sp³-hybridized carbons (Fsp3) is 0.400. The minimum Gasteiger partial charge on any atom is -0.379 e. The van der Waals surface area contributed by atoms with Crippen LogP contribution in [0.25, 0.3) is 0 Å². The second-order valence-corrected chi connectivity index (χ2v) is 4.71. The molecule has 1 aromatic carbocycles. The average molecular weight is 245 g/mol. The molecule has 0 spiro atoms. The Balaban J connectivity index is 1.95. The van der Waals surface area contributed by atoms with E-state index in [0.717, 1.165) is 30.4 Å². The Morgan fingerprint density at radius 1 is 1.33 bits per heavy atom. The van der Waals surface area contributed by atoms with Crippen LogP contribution in [0, 0.1) is 0 Å². The number of allylic oxidation sites excluding steroid dienone is 1. The highest BCUT2D eigenvalue weighted by Gasteiger charge is 2.23. The Labute approximate surface area is 108 Å². The van der Waals surface area contributed by atoms with Gasteiger partial charge in [0.05, 0.1) is 6.04 Å². The Hall–Kier alpha value is -1.61. The lowest BCUT2D eigenvalue weighted by Crippen LogP contribution is -2.37. The second kappa shape index (κ2) is 5.83. The van der Waals surface area contributed by atoms with Crippen LogP contribution in [0.5, 0.6) is 0 Å². The lowest BCUT2D eigenvalue weighted by atomic mass is 10.1. The number of benzene rings is 1. The number of nitrogens with one attached hydrogen (secondary N) is 1. The molecule has 3 nitrogen and oxygen atoms in total. The summed E-state index contributed by atoms with van der Waals surface area (Å²) in [4.78, 5) is 11.9. The first kappa shape index (κ1) is 12.8. The van der Waals surface area contributed by atoms with Gasteiger partial charge in [0, 0.05) is 0 Å². The van der Waals surface area contributed by atoms with Crippen molar-refractivity contribution in [2.45, 2.75) is 38.3 Å². The first-order chi connectivity index (χ1) is 8.68. The number of rotatable bonds is 4.